The molecule has 1 saturated heterocycles. The summed E-state index contributed by atoms with van der Waals surface area (Å²) in [5.74, 6) is 2.26. The molecule has 1 fully saturated rings. The first-order valence-corrected chi connectivity index (χ1v) is 12.0. The number of thioether (sulfide) groups is 1. The van der Waals surface area contributed by atoms with E-state index < -0.39 is 0 Å². The molecule has 0 bridgehead atoms. The second-order valence-corrected chi connectivity index (χ2v) is 9.42. The predicted octanol–water partition coefficient (Wildman–Crippen LogP) is 4.91. The monoisotopic (exact) mass is 425 g/mol. The fourth-order valence-corrected chi connectivity index (χ4v) is 6.60. The lowest BCUT2D eigenvalue weighted by atomic mass is 9.90. The van der Waals surface area contributed by atoms with E-state index in [4.69, 9.17) is 0 Å². The summed E-state index contributed by atoms with van der Waals surface area (Å²) < 4.78 is 0. The third-order valence-corrected chi connectivity index (χ3v) is 7.85. The van der Waals surface area contributed by atoms with Gasteiger partial charge in [-0.1, -0.05) is 36.4 Å². The van der Waals surface area contributed by atoms with Gasteiger partial charge in [0, 0.05) is 44.1 Å². The predicted molar refractivity (Wildman–Crippen MR) is 127 cm³/mol. The van der Waals surface area contributed by atoms with E-state index in [-0.39, 0.29) is 0 Å². The second-order valence-electron chi connectivity index (χ2n) is 8.44. The largest absolute Gasteiger partial charge is 0.506 e. The molecule has 4 nitrogen and oxygen atoms in total. The van der Waals surface area contributed by atoms with E-state index in [9.17, 15) is 10.4 Å². The van der Waals surface area contributed by atoms with Gasteiger partial charge in [-0.3, -0.25) is 0 Å². The number of nitriles is 1. The van der Waals surface area contributed by atoms with Gasteiger partial charge < -0.3 is 14.9 Å². The summed E-state index contributed by atoms with van der Waals surface area (Å²) in [6, 6.07) is 18.9. The molecule has 154 valence electrons. The highest BCUT2D eigenvalue weighted by Crippen LogP contribution is 2.51. The molecular weight excluding hydrogens is 402 g/mol. The molecule has 3 aromatic rings. The molecule has 0 aromatic heterocycles. The number of aromatic hydroxyl groups is 1. The highest BCUT2D eigenvalue weighted by Gasteiger charge is 2.34. The summed E-state index contributed by atoms with van der Waals surface area (Å²) in [6.45, 7) is 3.35. The van der Waals surface area contributed by atoms with Crippen LogP contribution in [0.1, 0.15) is 27.8 Å². The van der Waals surface area contributed by atoms with Gasteiger partial charge in [0.25, 0.3) is 0 Å². The van der Waals surface area contributed by atoms with E-state index in [1.54, 1.807) is 6.07 Å². The Kier molecular flexibility index (Phi) is 4.36. The maximum Gasteiger partial charge on any atom is 0.138 e. The number of hydrogen-bond donors (Lipinski definition) is 1. The van der Waals surface area contributed by atoms with E-state index in [2.05, 4.69) is 40.1 Å². The van der Waals surface area contributed by atoms with Crippen molar-refractivity contribution in [3.63, 3.8) is 0 Å². The summed E-state index contributed by atoms with van der Waals surface area (Å²) in [7, 11) is 0. The number of anilines is 2. The number of rotatable bonds is 2. The van der Waals surface area contributed by atoms with E-state index in [0.29, 0.717) is 5.75 Å². The van der Waals surface area contributed by atoms with Gasteiger partial charge in [0.2, 0.25) is 0 Å². The van der Waals surface area contributed by atoms with Gasteiger partial charge in [0.15, 0.2) is 0 Å². The summed E-state index contributed by atoms with van der Waals surface area (Å²) in [6.07, 6.45) is 0.910. The smallest absolute Gasteiger partial charge is 0.138 e. The Labute approximate surface area is 186 Å². The number of hydrogen-bond acceptors (Lipinski definition) is 5. The lowest BCUT2D eigenvalue weighted by Gasteiger charge is -2.39. The van der Waals surface area contributed by atoms with Crippen LogP contribution in [0.2, 0.25) is 0 Å². The molecule has 2 aliphatic heterocycles. The molecule has 0 amide bonds. The molecule has 0 spiro atoms. The van der Waals surface area contributed by atoms with Crippen LogP contribution in [-0.2, 0) is 17.9 Å². The first kappa shape index (κ1) is 18.7. The lowest BCUT2D eigenvalue weighted by molar-refractivity contribution is 0.472. The maximum absolute atomic E-state index is 10.3. The van der Waals surface area contributed by atoms with E-state index in [0.717, 1.165) is 61.0 Å². The van der Waals surface area contributed by atoms with Crippen LogP contribution in [0.15, 0.2) is 48.5 Å². The van der Waals surface area contributed by atoms with Gasteiger partial charge in [0.1, 0.15) is 11.8 Å². The van der Waals surface area contributed by atoms with E-state index in [1.165, 1.54) is 33.4 Å². The average Bonchev–Trinajstić information content (AvgIpc) is 3.43. The molecule has 3 aromatic carbocycles. The van der Waals surface area contributed by atoms with Crippen LogP contribution in [0.4, 0.5) is 11.4 Å². The summed E-state index contributed by atoms with van der Waals surface area (Å²) in [5, 5.41) is 20.5. The molecule has 0 saturated carbocycles. The molecule has 1 N–H and O–H groups in total. The SMILES string of the molecule is N#Cc1c2c(c3c(c1N1CCN(c4ccccc4O)CC1)Cc1ccccc1-3)CSC2. The zero-order valence-corrected chi connectivity index (χ0v) is 18.1. The Morgan fingerprint density at radius 2 is 1.55 bits per heavy atom. The molecule has 6 rings (SSSR count). The zero-order chi connectivity index (χ0) is 20.9. The summed E-state index contributed by atoms with van der Waals surface area (Å²) >= 11 is 1.92. The van der Waals surface area contributed by atoms with Crippen LogP contribution in [-0.4, -0.2) is 31.3 Å². The Morgan fingerprint density at radius 1 is 0.839 bits per heavy atom. The third-order valence-electron chi connectivity index (χ3n) is 6.87. The highest BCUT2D eigenvalue weighted by molar-refractivity contribution is 7.98. The number of para-hydroxylation sites is 2. The van der Waals surface area contributed by atoms with Gasteiger partial charge in [-0.25, -0.2) is 0 Å². The minimum absolute atomic E-state index is 0.333. The molecule has 0 radical (unpaired) electrons. The number of benzene rings is 3. The van der Waals surface area contributed by atoms with Crippen LogP contribution in [0.25, 0.3) is 11.1 Å². The first-order chi connectivity index (χ1) is 15.3. The summed E-state index contributed by atoms with van der Waals surface area (Å²) in [4.78, 5) is 4.67. The standard InChI is InChI=1S/C26H23N3OS/c27-14-20-21-15-31-16-22(21)25-18-6-2-1-5-17(18)13-19(25)26(20)29-11-9-28(10-12-29)23-7-3-4-8-24(23)30/h1-8,30H,9-13,15-16H2. The normalized spacial score (nSPS) is 16.6. The Balaban J connectivity index is 1.42. The Hall–Kier alpha value is -3.10. The highest BCUT2D eigenvalue weighted by atomic mass is 32.2. The molecule has 5 heteroatoms. The zero-order valence-electron chi connectivity index (χ0n) is 17.3. The average molecular weight is 426 g/mol. The van der Waals surface area contributed by atoms with E-state index in [1.807, 2.05) is 30.0 Å². The number of phenolic OH excluding ortho intramolecular Hbond substituents is 1. The van der Waals surface area contributed by atoms with E-state index >= 15 is 0 Å². The third kappa shape index (κ3) is 2.82. The number of fused-ring (bicyclic) bond motifs is 5. The number of nitrogens with zero attached hydrogens (tertiary/aromatic N) is 3. The molecule has 31 heavy (non-hydrogen) atoms. The molecule has 3 aliphatic rings. The minimum atomic E-state index is 0.333. The van der Waals surface area contributed by atoms with Gasteiger partial charge in [-0.2, -0.15) is 17.0 Å². The van der Waals surface area contributed by atoms with Crippen molar-refractivity contribution in [3.05, 3.63) is 76.3 Å². The van der Waals surface area contributed by atoms with Crippen molar-refractivity contribution in [2.45, 2.75) is 17.9 Å². The lowest BCUT2D eigenvalue weighted by Crippen LogP contribution is -2.47. The van der Waals surface area contributed by atoms with Crippen molar-refractivity contribution in [3.8, 4) is 22.9 Å². The number of phenols is 1. The van der Waals surface area contributed by atoms with Gasteiger partial charge in [0.05, 0.1) is 16.9 Å². The molecule has 0 unspecified atom stereocenters. The molecule has 2 heterocycles. The van der Waals surface area contributed by atoms with Gasteiger partial charge in [-0.15, -0.1) is 0 Å². The fourth-order valence-electron chi connectivity index (χ4n) is 5.45. The van der Waals surface area contributed by atoms with Gasteiger partial charge >= 0.3 is 0 Å². The number of piperazine rings is 1. The van der Waals surface area contributed by atoms with Crippen LogP contribution in [0.5, 0.6) is 5.75 Å². The minimum Gasteiger partial charge on any atom is -0.506 e. The van der Waals surface area contributed by atoms with Crippen molar-refractivity contribution in [1.29, 1.82) is 5.26 Å². The van der Waals surface area contributed by atoms with Crippen LogP contribution < -0.4 is 9.80 Å². The van der Waals surface area contributed by atoms with Crippen molar-refractivity contribution < 1.29 is 5.11 Å². The second kappa shape index (κ2) is 7.25. The van der Waals surface area contributed by atoms with Crippen molar-refractivity contribution >= 4 is 23.1 Å². The van der Waals surface area contributed by atoms with Crippen molar-refractivity contribution in [2.24, 2.45) is 0 Å². The quantitative estimate of drug-likeness (QED) is 0.495. The Bertz CT molecular complexity index is 1240. The van der Waals surface area contributed by atoms with Gasteiger partial charge in [-0.05, 0) is 45.5 Å². The van der Waals surface area contributed by atoms with Crippen LogP contribution >= 0.6 is 11.8 Å². The summed E-state index contributed by atoms with van der Waals surface area (Å²) in [5.41, 5.74) is 11.1. The van der Waals surface area contributed by atoms with Crippen molar-refractivity contribution in [2.75, 3.05) is 36.0 Å². The topological polar surface area (TPSA) is 50.5 Å². The molecule has 0 atom stereocenters. The Morgan fingerprint density at radius 3 is 2.35 bits per heavy atom. The molecule has 1 aliphatic carbocycles. The van der Waals surface area contributed by atoms with Crippen LogP contribution in [0.3, 0.4) is 0 Å². The maximum atomic E-state index is 10.3. The fraction of sp³-hybridized carbons (Fsp3) is 0.269. The van der Waals surface area contributed by atoms with Crippen molar-refractivity contribution in [1.82, 2.24) is 0 Å². The first-order valence-electron chi connectivity index (χ1n) is 10.8. The van der Waals surface area contributed by atoms with Crippen LogP contribution in [0, 0.1) is 11.3 Å². The molecular formula is C26H23N3OS.